The van der Waals surface area contributed by atoms with Crippen LogP contribution in [0.15, 0.2) is 46.9 Å². The van der Waals surface area contributed by atoms with Crippen molar-refractivity contribution in [3.8, 4) is 0 Å². The van der Waals surface area contributed by atoms with Crippen LogP contribution in [0.3, 0.4) is 0 Å². The summed E-state index contributed by atoms with van der Waals surface area (Å²) in [6.07, 6.45) is 1.21. The minimum Gasteiger partial charge on any atom is -0.339 e. The third-order valence-electron chi connectivity index (χ3n) is 5.73. The number of halogens is 1. The van der Waals surface area contributed by atoms with Crippen LogP contribution in [0, 0.1) is 19.8 Å². The number of amides is 3. The van der Waals surface area contributed by atoms with Gasteiger partial charge in [-0.3, -0.25) is 14.4 Å². The average Bonchev–Trinajstić information content (AvgIpc) is 2.75. The van der Waals surface area contributed by atoms with Gasteiger partial charge in [-0.2, -0.15) is 0 Å². The number of aryl methyl sites for hydroxylation is 2. The maximum Gasteiger partial charge on any atom is 0.254 e. The maximum atomic E-state index is 12.8. The van der Waals surface area contributed by atoms with Gasteiger partial charge >= 0.3 is 0 Å². The number of rotatable bonds is 5. The van der Waals surface area contributed by atoms with Gasteiger partial charge in [0.05, 0.1) is 6.54 Å². The summed E-state index contributed by atoms with van der Waals surface area (Å²) < 4.78 is 0.947. The number of piperidine rings is 1. The molecule has 1 heterocycles. The molecule has 0 saturated carbocycles. The van der Waals surface area contributed by atoms with Gasteiger partial charge in [0.1, 0.15) is 0 Å². The Bertz CT molecular complexity index is 984. The van der Waals surface area contributed by atoms with Crippen LogP contribution in [0.5, 0.6) is 0 Å². The molecule has 3 amide bonds. The number of hydrogen-bond acceptors (Lipinski definition) is 3. The molecule has 1 N–H and O–H groups in total. The Labute approximate surface area is 191 Å². The molecule has 0 unspecified atom stereocenters. The number of benzene rings is 2. The quantitative estimate of drug-likeness (QED) is 0.695. The Morgan fingerprint density at radius 2 is 1.74 bits per heavy atom. The van der Waals surface area contributed by atoms with E-state index in [1.807, 2.05) is 61.2 Å². The third kappa shape index (κ3) is 5.73. The summed E-state index contributed by atoms with van der Waals surface area (Å²) in [5.74, 6) is -0.436. The second-order valence-corrected chi connectivity index (χ2v) is 9.00. The number of likely N-dealkylation sites (N-methyl/N-ethyl adjacent to an activating group) is 1. The molecule has 1 aliphatic rings. The second kappa shape index (κ2) is 10.1. The van der Waals surface area contributed by atoms with Gasteiger partial charge in [0.25, 0.3) is 5.91 Å². The normalized spacial score (nSPS) is 14.3. The van der Waals surface area contributed by atoms with Crippen LogP contribution in [-0.4, -0.2) is 54.2 Å². The molecular formula is C24H28BrN3O3. The van der Waals surface area contributed by atoms with Crippen LogP contribution < -0.4 is 5.32 Å². The van der Waals surface area contributed by atoms with Gasteiger partial charge in [-0.15, -0.1) is 0 Å². The smallest absolute Gasteiger partial charge is 0.254 e. The van der Waals surface area contributed by atoms with Crippen molar-refractivity contribution in [2.45, 2.75) is 26.7 Å². The third-order valence-corrected chi connectivity index (χ3v) is 6.22. The van der Waals surface area contributed by atoms with E-state index in [2.05, 4.69) is 21.2 Å². The van der Waals surface area contributed by atoms with Gasteiger partial charge in [0, 0.05) is 41.8 Å². The monoisotopic (exact) mass is 485 g/mol. The topological polar surface area (TPSA) is 69.7 Å². The average molecular weight is 486 g/mol. The number of nitrogens with zero attached hydrogens (tertiary/aromatic N) is 2. The molecule has 0 bridgehead atoms. The first kappa shape index (κ1) is 23.0. The largest absolute Gasteiger partial charge is 0.339 e. The van der Waals surface area contributed by atoms with E-state index in [4.69, 9.17) is 0 Å². The van der Waals surface area contributed by atoms with E-state index in [0.29, 0.717) is 31.5 Å². The molecule has 6 nitrogen and oxygen atoms in total. The van der Waals surface area contributed by atoms with Crippen molar-refractivity contribution in [3.05, 3.63) is 63.6 Å². The summed E-state index contributed by atoms with van der Waals surface area (Å²) in [4.78, 5) is 41.3. The highest BCUT2D eigenvalue weighted by Crippen LogP contribution is 2.23. The van der Waals surface area contributed by atoms with Crippen molar-refractivity contribution < 1.29 is 14.4 Å². The molecule has 0 spiro atoms. The van der Waals surface area contributed by atoms with Crippen molar-refractivity contribution in [1.29, 1.82) is 0 Å². The molecular weight excluding hydrogens is 458 g/mol. The molecule has 2 aromatic carbocycles. The summed E-state index contributed by atoms with van der Waals surface area (Å²) in [5.41, 5.74) is 3.35. The second-order valence-electron chi connectivity index (χ2n) is 8.08. The van der Waals surface area contributed by atoms with E-state index in [-0.39, 0.29) is 30.2 Å². The Kier molecular flexibility index (Phi) is 7.49. The molecule has 164 valence electrons. The van der Waals surface area contributed by atoms with Crippen LogP contribution in [-0.2, 0) is 9.59 Å². The maximum absolute atomic E-state index is 12.8. The summed E-state index contributed by atoms with van der Waals surface area (Å²) in [7, 11) is 1.65. The number of nitrogens with one attached hydrogen (secondary N) is 1. The fourth-order valence-corrected chi connectivity index (χ4v) is 4.35. The van der Waals surface area contributed by atoms with Crippen molar-refractivity contribution in [1.82, 2.24) is 9.80 Å². The molecule has 2 aromatic rings. The number of anilines is 1. The van der Waals surface area contributed by atoms with E-state index in [1.54, 1.807) is 7.05 Å². The summed E-state index contributed by atoms with van der Waals surface area (Å²) in [6.45, 7) is 4.93. The zero-order valence-corrected chi connectivity index (χ0v) is 19.7. The van der Waals surface area contributed by atoms with Crippen molar-refractivity contribution in [2.24, 2.45) is 5.92 Å². The van der Waals surface area contributed by atoms with Gasteiger partial charge < -0.3 is 15.1 Å². The van der Waals surface area contributed by atoms with Crippen molar-refractivity contribution in [2.75, 3.05) is 32.0 Å². The molecule has 0 atom stereocenters. The summed E-state index contributed by atoms with van der Waals surface area (Å²) in [5, 5.41) is 2.87. The van der Waals surface area contributed by atoms with Crippen LogP contribution in [0.4, 0.5) is 5.69 Å². The minimum absolute atomic E-state index is 0.00328. The van der Waals surface area contributed by atoms with Gasteiger partial charge in [0.2, 0.25) is 11.8 Å². The van der Waals surface area contributed by atoms with E-state index < -0.39 is 0 Å². The van der Waals surface area contributed by atoms with Gasteiger partial charge in [-0.05, 0) is 62.1 Å². The molecule has 31 heavy (non-hydrogen) atoms. The first-order valence-electron chi connectivity index (χ1n) is 10.4. The van der Waals surface area contributed by atoms with Crippen LogP contribution in [0.2, 0.25) is 0 Å². The molecule has 0 radical (unpaired) electrons. The summed E-state index contributed by atoms with van der Waals surface area (Å²) in [6, 6.07) is 13.2. The Balaban J connectivity index is 1.51. The van der Waals surface area contributed by atoms with Crippen LogP contribution in [0.1, 0.15) is 34.3 Å². The Morgan fingerprint density at radius 1 is 1.06 bits per heavy atom. The predicted molar refractivity (Wildman–Crippen MR) is 125 cm³/mol. The molecule has 3 rings (SSSR count). The lowest BCUT2D eigenvalue weighted by molar-refractivity contribution is -0.138. The fourth-order valence-electron chi connectivity index (χ4n) is 3.87. The molecule has 1 fully saturated rings. The number of carbonyl (C=O) groups excluding carboxylic acids is 3. The van der Waals surface area contributed by atoms with E-state index in [1.165, 1.54) is 4.90 Å². The van der Waals surface area contributed by atoms with Crippen molar-refractivity contribution >= 4 is 39.3 Å². The zero-order valence-electron chi connectivity index (χ0n) is 18.2. The number of hydrogen-bond donors (Lipinski definition) is 1. The van der Waals surface area contributed by atoms with E-state index in [0.717, 1.165) is 21.3 Å². The first-order chi connectivity index (χ1) is 14.8. The Morgan fingerprint density at radius 3 is 2.39 bits per heavy atom. The van der Waals surface area contributed by atoms with Crippen molar-refractivity contribution in [3.63, 3.8) is 0 Å². The van der Waals surface area contributed by atoms with Crippen LogP contribution >= 0.6 is 15.9 Å². The molecule has 0 aliphatic carbocycles. The number of carbonyl (C=O) groups is 3. The van der Waals surface area contributed by atoms with Crippen LogP contribution in [0.25, 0.3) is 0 Å². The zero-order chi connectivity index (χ0) is 22.5. The van der Waals surface area contributed by atoms with E-state index >= 15 is 0 Å². The first-order valence-corrected chi connectivity index (χ1v) is 11.2. The molecule has 0 aromatic heterocycles. The molecule has 7 heteroatoms. The lowest BCUT2D eigenvalue weighted by Gasteiger charge is -2.33. The van der Waals surface area contributed by atoms with Gasteiger partial charge in [-0.25, -0.2) is 0 Å². The highest BCUT2D eigenvalue weighted by atomic mass is 79.9. The molecule has 1 aliphatic heterocycles. The van der Waals surface area contributed by atoms with Gasteiger partial charge in [-0.1, -0.05) is 34.1 Å². The SMILES string of the molecule is Cc1cc(Br)ccc1NC(=O)CN(C)C(=O)C1CCN(C(=O)c2ccccc2C)CC1. The minimum atomic E-state index is -0.228. The van der Waals surface area contributed by atoms with E-state index in [9.17, 15) is 14.4 Å². The summed E-state index contributed by atoms with van der Waals surface area (Å²) >= 11 is 3.41. The molecule has 1 saturated heterocycles. The Hall–Kier alpha value is -2.67. The standard InChI is InChI=1S/C24H28BrN3O3/c1-16-6-4-5-7-20(16)24(31)28-12-10-18(11-13-28)23(30)27(3)15-22(29)26-21-9-8-19(25)14-17(21)2/h4-9,14,18H,10-13,15H2,1-3H3,(H,26,29). The fraction of sp³-hybridized carbons (Fsp3) is 0.375. The number of likely N-dealkylation sites (tertiary alicyclic amines) is 1. The predicted octanol–water partition coefficient (Wildman–Crippen LogP) is 4.02. The lowest BCUT2D eigenvalue weighted by Crippen LogP contribution is -2.45. The lowest BCUT2D eigenvalue weighted by atomic mass is 9.94. The highest BCUT2D eigenvalue weighted by molar-refractivity contribution is 9.10. The highest BCUT2D eigenvalue weighted by Gasteiger charge is 2.30. The van der Waals surface area contributed by atoms with Gasteiger partial charge in [0.15, 0.2) is 0 Å².